The fraction of sp³-hybridized carbons (Fsp3) is 0.900. The van der Waals surface area contributed by atoms with Crippen molar-refractivity contribution in [2.24, 2.45) is 27.1 Å². The van der Waals surface area contributed by atoms with Gasteiger partial charge in [-0.1, -0.05) is 174 Å². The van der Waals surface area contributed by atoms with Crippen LogP contribution < -0.4 is 51.4 Å². The Bertz CT molecular complexity index is 1550. The van der Waals surface area contributed by atoms with Gasteiger partial charge in [0.25, 0.3) is 0 Å². The van der Waals surface area contributed by atoms with Crippen LogP contribution in [0.5, 0.6) is 0 Å². The summed E-state index contributed by atoms with van der Waals surface area (Å²) >= 11 is 0. The van der Waals surface area contributed by atoms with E-state index in [1.807, 2.05) is 6.92 Å². The number of ether oxygens (including phenoxy) is 1. The summed E-state index contributed by atoms with van der Waals surface area (Å²) in [5.41, 5.74) is -0.899. The van der Waals surface area contributed by atoms with Crippen molar-refractivity contribution in [2.45, 2.75) is 309 Å². The van der Waals surface area contributed by atoms with Gasteiger partial charge in [-0.25, -0.2) is 6.57 Å². The van der Waals surface area contributed by atoms with Crippen LogP contribution >= 0.6 is 0 Å². The van der Waals surface area contributed by atoms with E-state index in [9.17, 15) is 19.2 Å². The summed E-state index contributed by atoms with van der Waals surface area (Å²) in [5, 5.41) is 36.3. The van der Waals surface area contributed by atoms with Crippen LogP contribution in [0.2, 0.25) is 0 Å². The van der Waals surface area contributed by atoms with Gasteiger partial charge in [0.2, 0.25) is 5.54 Å². The van der Waals surface area contributed by atoms with E-state index in [2.05, 4.69) is 10.9 Å². The molecule has 0 spiro atoms. The molecule has 11 nitrogen and oxygen atoms in total. The van der Waals surface area contributed by atoms with Crippen molar-refractivity contribution in [1.29, 1.82) is 5.26 Å². The Morgan fingerprint density at radius 3 is 0.903 bits per heavy atom. The van der Waals surface area contributed by atoms with Crippen LogP contribution in [0.15, 0.2) is 0 Å². The second-order valence-corrected chi connectivity index (χ2v) is 23.5. The van der Waals surface area contributed by atoms with Crippen LogP contribution in [0.1, 0.15) is 303 Å². The number of aliphatic carboxylic acids is 3. The van der Waals surface area contributed by atoms with Gasteiger partial charge in [0.05, 0.1) is 39.8 Å². The molecule has 0 radical (unpaired) electrons. The molecule has 0 atom stereocenters. The van der Waals surface area contributed by atoms with E-state index in [0.29, 0.717) is 6.61 Å². The molecule has 4 N–H and O–H groups in total. The van der Waals surface area contributed by atoms with Crippen LogP contribution in [0.3, 0.4) is 0 Å². The molecule has 6 aliphatic rings. The third-order valence-corrected chi connectivity index (χ3v) is 17.6. The van der Waals surface area contributed by atoms with Crippen LogP contribution in [-0.2, 0) is 23.9 Å². The molecule has 0 bridgehead atoms. The van der Waals surface area contributed by atoms with Crippen LogP contribution in [0.25, 0.3) is 4.85 Å². The number of hydrogen-bond acceptors (Lipinski definition) is 7. The van der Waals surface area contributed by atoms with Crippen molar-refractivity contribution in [3.8, 4) is 6.07 Å². The second kappa shape index (κ2) is 35.7. The van der Waals surface area contributed by atoms with Gasteiger partial charge in [0, 0.05) is 19.3 Å². The Kier molecular flexibility index (Phi) is 34.0. The van der Waals surface area contributed by atoms with Crippen molar-refractivity contribution in [3.05, 3.63) is 11.4 Å². The maximum Gasteiger partial charge on any atom is 1.00 e. The largest absolute Gasteiger partial charge is 1.00 e. The number of hydrogen-bond donors (Lipinski definition) is 3. The van der Waals surface area contributed by atoms with Crippen molar-refractivity contribution in [2.75, 3.05) is 6.61 Å². The number of carboxylic acid groups (broad SMARTS) is 3. The topological polar surface area (TPSA) is 196 Å². The zero-order chi connectivity index (χ0) is 50.0. The van der Waals surface area contributed by atoms with E-state index >= 15 is 0 Å². The molecular weight excluding hydrogens is 932 g/mol. The van der Waals surface area contributed by atoms with Crippen molar-refractivity contribution in [3.63, 3.8) is 0 Å². The van der Waals surface area contributed by atoms with E-state index < -0.39 is 17.9 Å². The van der Waals surface area contributed by atoms with E-state index in [1.54, 1.807) is 0 Å². The van der Waals surface area contributed by atoms with Gasteiger partial charge < -0.3 is 30.4 Å². The summed E-state index contributed by atoms with van der Waals surface area (Å²) in [6, 6.07) is 2.48. The average molecular weight is 1040 g/mol. The first-order chi connectivity index (χ1) is 33.3. The molecule has 72 heavy (non-hydrogen) atoms. The third-order valence-electron chi connectivity index (χ3n) is 17.6. The molecule has 6 aliphatic carbocycles. The third kappa shape index (κ3) is 26.0. The van der Waals surface area contributed by atoms with Gasteiger partial charge in [0.15, 0.2) is 0 Å². The monoisotopic (exact) mass is 1030 g/mol. The Morgan fingerprint density at radius 2 is 0.694 bits per heavy atom. The Hall–Kier alpha value is -1.54. The quantitative estimate of drug-likeness (QED) is 0.0229. The Morgan fingerprint density at radius 1 is 0.444 bits per heavy atom. The summed E-state index contributed by atoms with van der Waals surface area (Å²) in [6.07, 6.45) is 51.5. The number of nitriles is 1. The van der Waals surface area contributed by atoms with E-state index in [0.717, 1.165) is 154 Å². The van der Waals surface area contributed by atoms with Gasteiger partial charge in [0.1, 0.15) is 0 Å². The Balaban J connectivity index is 0.000000531. The number of carbonyl (C=O) groups excluding carboxylic acids is 1. The average Bonchev–Trinajstić information content (AvgIpc) is 4.12. The van der Waals surface area contributed by atoms with Gasteiger partial charge >= 0.3 is 75.3 Å². The SMILES string of the molecule is C.CCOC(=O)C1(CCCCCCCCCCCC2(C(=O)O)CC2)CC1.O=C(O)C1(CCCCCCCCCCCC2(C(=O)O)CC2)CC1.[C-]#[N+]C1(CCCCCCCCCCCC2(C#N)CC2)CC1.[K+].[OH-]. The van der Waals surface area contributed by atoms with Crippen molar-refractivity contribution >= 4 is 23.9 Å². The number of nitrogens with zero attached hydrogens (tertiary/aromatic N) is 2. The molecule has 0 saturated heterocycles. The first kappa shape index (κ1) is 68.5. The summed E-state index contributed by atoms with van der Waals surface area (Å²) in [4.78, 5) is 48.8. The number of carbonyl (C=O) groups is 4. The summed E-state index contributed by atoms with van der Waals surface area (Å²) in [6.45, 7) is 9.53. The van der Waals surface area contributed by atoms with Crippen LogP contribution in [-0.4, -0.2) is 56.8 Å². The molecule has 6 rings (SSSR count). The molecule has 0 aliphatic heterocycles. The van der Waals surface area contributed by atoms with E-state index in [4.69, 9.17) is 31.9 Å². The number of rotatable bonds is 41. The summed E-state index contributed by atoms with van der Waals surface area (Å²) < 4.78 is 5.18. The second-order valence-electron chi connectivity index (χ2n) is 23.5. The maximum atomic E-state index is 11.9. The van der Waals surface area contributed by atoms with Gasteiger partial charge in [-0.15, -0.1) is 0 Å². The summed E-state index contributed by atoms with van der Waals surface area (Å²) in [5.74, 6) is -1.73. The Labute approximate surface area is 481 Å². The first-order valence-corrected chi connectivity index (χ1v) is 29.0. The minimum absolute atomic E-state index is 0. The minimum Gasteiger partial charge on any atom is -0.870 e. The van der Waals surface area contributed by atoms with Gasteiger partial charge in [-0.3, -0.25) is 19.2 Å². The fourth-order valence-corrected chi connectivity index (χ4v) is 10.8. The predicted molar refractivity (Wildman–Crippen MR) is 283 cm³/mol. The zero-order valence-corrected chi connectivity index (χ0v) is 48.4. The first-order valence-electron chi connectivity index (χ1n) is 29.0. The molecule has 0 unspecified atom stereocenters. The molecule has 6 saturated carbocycles. The molecule has 0 heterocycles. The molecule has 0 aromatic heterocycles. The van der Waals surface area contributed by atoms with E-state index in [-0.39, 0.29) is 103 Å². The molecular formula is C60H103KN2O9. The normalized spacial score (nSPS) is 19.2. The molecule has 12 heteroatoms. The molecule has 0 amide bonds. The number of esters is 1. The summed E-state index contributed by atoms with van der Waals surface area (Å²) in [7, 11) is 0. The predicted octanol–water partition coefficient (Wildman–Crippen LogP) is 14.0. The molecule has 0 aromatic rings. The molecule has 408 valence electrons. The number of carboxylic acids is 3. The van der Waals surface area contributed by atoms with Gasteiger partial charge in [-0.2, -0.15) is 5.26 Å². The smallest absolute Gasteiger partial charge is 0.870 e. The molecule has 6 fully saturated rings. The number of unbranched alkanes of at least 4 members (excludes halogenated alkanes) is 24. The standard InChI is InChI=1S/C21H36O4.C19H30N2.C19H32O4.CH4.K.H2O/c1-2-25-19(24)21(16-17-21)13-11-9-7-5-3-4-6-8-10-12-20(14-15-20)18(22)23;1-21-19(15-16-19)12-10-8-6-4-2-3-5-7-9-11-18(17-20)13-14-18;20-16(21)18(12-13-18)10-8-6-4-2-1-3-5-7-9-11-19(14-15-19)17(22)23;;;/h2-17H2,1H3,(H,22,23);2-16H2;1-15H2,(H,20,21)(H,22,23);1H4;;1H2/q;;;;+1;/p-1. The van der Waals surface area contributed by atoms with Crippen molar-refractivity contribution in [1.82, 2.24) is 0 Å². The van der Waals surface area contributed by atoms with Crippen LogP contribution in [0.4, 0.5) is 0 Å². The zero-order valence-electron chi connectivity index (χ0n) is 45.3. The van der Waals surface area contributed by atoms with Crippen LogP contribution in [0, 0.1) is 45.0 Å². The van der Waals surface area contributed by atoms with E-state index in [1.165, 1.54) is 135 Å². The molecule has 0 aromatic carbocycles. The maximum absolute atomic E-state index is 11.9. The minimum atomic E-state index is -0.589. The van der Waals surface area contributed by atoms with Crippen molar-refractivity contribution < 1.29 is 96.1 Å². The van der Waals surface area contributed by atoms with Gasteiger partial charge in [-0.05, 0) is 110 Å². The fourth-order valence-electron chi connectivity index (χ4n) is 10.8.